The minimum atomic E-state index is -1.02. The lowest BCUT2D eigenvalue weighted by Gasteiger charge is -2.23. The maximum Gasteiger partial charge on any atom is 0.304 e. The number of hydrogen-bond donors (Lipinski definition) is 3. The quantitative estimate of drug-likeness (QED) is 0.632. The van der Waals surface area contributed by atoms with E-state index in [0.717, 1.165) is 50.2 Å². The molecule has 164 valence electrons. The zero-order valence-corrected chi connectivity index (χ0v) is 17.6. The van der Waals surface area contributed by atoms with Crippen molar-refractivity contribution in [3.63, 3.8) is 0 Å². The van der Waals surface area contributed by atoms with Crippen molar-refractivity contribution in [2.75, 3.05) is 25.0 Å². The van der Waals surface area contributed by atoms with Gasteiger partial charge in [0.1, 0.15) is 11.6 Å². The van der Waals surface area contributed by atoms with Gasteiger partial charge in [-0.25, -0.2) is 4.98 Å². The van der Waals surface area contributed by atoms with Crippen LogP contribution in [-0.4, -0.2) is 51.6 Å². The van der Waals surface area contributed by atoms with Gasteiger partial charge in [-0.3, -0.25) is 9.59 Å². The monoisotopic (exact) mass is 423 g/mol. The Bertz CT molecular complexity index is 962. The van der Waals surface area contributed by atoms with Gasteiger partial charge >= 0.3 is 5.97 Å². The van der Waals surface area contributed by atoms with Gasteiger partial charge in [-0.1, -0.05) is 18.2 Å². The molecule has 1 aromatic carbocycles. The van der Waals surface area contributed by atoms with Gasteiger partial charge in [0.15, 0.2) is 0 Å². The minimum Gasteiger partial charge on any atom is -0.508 e. The summed E-state index contributed by atoms with van der Waals surface area (Å²) in [7, 11) is 0. The van der Waals surface area contributed by atoms with Gasteiger partial charge < -0.3 is 20.4 Å². The molecule has 0 bridgehead atoms. The van der Waals surface area contributed by atoms with Crippen molar-refractivity contribution in [2.24, 2.45) is 5.92 Å². The number of carboxylic acid groups (broad SMARTS) is 1. The molecule has 1 amide bonds. The Morgan fingerprint density at radius 3 is 2.94 bits per heavy atom. The minimum absolute atomic E-state index is 0.0343. The first-order valence-electron chi connectivity index (χ1n) is 11.0. The van der Waals surface area contributed by atoms with E-state index in [1.807, 2.05) is 0 Å². The molecule has 1 fully saturated rings. The second kappa shape index (κ2) is 9.37. The third-order valence-electron chi connectivity index (χ3n) is 6.31. The third kappa shape index (κ3) is 5.16. The van der Waals surface area contributed by atoms with E-state index in [1.165, 1.54) is 17.7 Å². The number of amides is 1. The predicted octanol–water partition coefficient (Wildman–Crippen LogP) is 3.18. The van der Waals surface area contributed by atoms with Crippen molar-refractivity contribution >= 4 is 17.7 Å². The van der Waals surface area contributed by atoms with Crippen molar-refractivity contribution in [1.29, 1.82) is 0 Å². The third-order valence-corrected chi connectivity index (χ3v) is 6.31. The Hall–Kier alpha value is -3.09. The number of aromatic nitrogens is 1. The fourth-order valence-corrected chi connectivity index (χ4v) is 4.61. The molecule has 0 unspecified atom stereocenters. The van der Waals surface area contributed by atoms with Gasteiger partial charge in [0.25, 0.3) is 0 Å². The first kappa shape index (κ1) is 21.2. The fraction of sp³-hybridized carbons (Fsp3) is 0.458. The van der Waals surface area contributed by atoms with E-state index in [-0.39, 0.29) is 18.1 Å². The number of benzene rings is 1. The average Bonchev–Trinajstić information content (AvgIpc) is 3.24. The number of rotatable bonds is 7. The van der Waals surface area contributed by atoms with E-state index in [0.29, 0.717) is 24.6 Å². The number of anilines is 1. The van der Waals surface area contributed by atoms with Crippen LogP contribution in [0.1, 0.15) is 48.4 Å². The number of aliphatic carboxylic acids is 1. The van der Waals surface area contributed by atoms with Gasteiger partial charge in [0, 0.05) is 25.3 Å². The van der Waals surface area contributed by atoms with Crippen LogP contribution in [0.3, 0.4) is 0 Å². The number of nitrogens with zero attached hydrogens (tertiary/aromatic N) is 2. The van der Waals surface area contributed by atoms with Crippen molar-refractivity contribution in [2.45, 2.75) is 44.4 Å². The van der Waals surface area contributed by atoms with E-state index in [9.17, 15) is 19.8 Å². The standard InChI is InChI=1S/C24H29N3O4/c28-20-5-1-3-18(13-20)21(14-22(29)30)24(31)27-12-10-16(15-27)6-8-19-9-7-17-4-2-11-25-23(17)26-19/h1,3,5,7,9,13,16,21,28H,2,4,6,8,10-12,14-15H2,(H,25,26)(H,29,30)/t16-,21+/m1/s1. The Kier molecular flexibility index (Phi) is 6.39. The molecule has 7 heteroatoms. The summed E-state index contributed by atoms with van der Waals surface area (Å²) in [6, 6.07) is 10.6. The number of likely N-dealkylation sites (tertiary alicyclic amines) is 1. The summed E-state index contributed by atoms with van der Waals surface area (Å²) in [6.07, 6.45) is 4.67. The maximum atomic E-state index is 13.1. The zero-order chi connectivity index (χ0) is 21.8. The Labute approximate surface area is 182 Å². The van der Waals surface area contributed by atoms with Crippen molar-refractivity contribution in [3.8, 4) is 5.75 Å². The van der Waals surface area contributed by atoms with Gasteiger partial charge in [-0.2, -0.15) is 0 Å². The van der Waals surface area contributed by atoms with E-state index in [1.54, 1.807) is 17.0 Å². The van der Waals surface area contributed by atoms with Gasteiger partial charge in [-0.05, 0) is 67.3 Å². The number of nitrogens with one attached hydrogen (secondary N) is 1. The molecule has 1 saturated heterocycles. The molecule has 2 atom stereocenters. The number of fused-ring (bicyclic) bond motifs is 1. The van der Waals surface area contributed by atoms with E-state index in [2.05, 4.69) is 17.4 Å². The van der Waals surface area contributed by atoms with Crippen LogP contribution in [0.25, 0.3) is 0 Å². The van der Waals surface area contributed by atoms with Gasteiger partial charge in [0.05, 0.1) is 12.3 Å². The Morgan fingerprint density at radius 1 is 1.26 bits per heavy atom. The second-order valence-electron chi connectivity index (χ2n) is 8.56. The van der Waals surface area contributed by atoms with E-state index >= 15 is 0 Å². The molecule has 0 radical (unpaired) electrons. The number of hydrogen-bond acceptors (Lipinski definition) is 5. The molecule has 0 aliphatic carbocycles. The highest BCUT2D eigenvalue weighted by atomic mass is 16.4. The number of pyridine rings is 1. The van der Waals surface area contributed by atoms with Gasteiger partial charge in [-0.15, -0.1) is 0 Å². The summed E-state index contributed by atoms with van der Waals surface area (Å²) in [5.74, 6) is -0.557. The second-order valence-corrected chi connectivity index (χ2v) is 8.56. The Morgan fingerprint density at radius 2 is 2.13 bits per heavy atom. The van der Waals surface area contributed by atoms with Crippen molar-refractivity contribution < 1.29 is 19.8 Å². The number of phenols is 1. The summed E-state index contributed by atoms with van der Waals surface area (Å²) >= 11 is 0. The molecular weight excluding hydrogens is 394 g/mol. The summed E-state index contributed by atoms with van der Waals surface area (Å²) in [5.41, 5.74) is 2.90. The predicted molar refractivity (Wildman–Crippen MR) is 117 cm³/mol. The number of aryl methyl sites for hydroxylation is 2. The van der Waals surface area contributed by atoms with Crippen LogP contribution in [0.2, 0.25) is 0 Å². The molecule has 0 spiro atoms. The van der Waals surface area contributed by atoms with Crippen LogP contribution in [0, 0.1) is 5.92 Å². The summed E-state index contributed by atoms with van der Waals surface area (Å²) in [5, 5.41) is 22.4. The highest BCUT2D eigenvalue weighted by Crippen LogP contribution is 2.30. The molecule has 3 heterocycles. The highest BCUT2D eigenvalue weighted by molar-refractivity contribution is 5.88. The lowest BCUT2D eigenvalue weighted by molar-refractivity contribution is -0.141. The van der Waals surface area contributed by atoms with Gasteiger partial charge in [0.2, 0.25) is 5.91 Å². The van der Waals surface area contributed by atoms with Crippen LogP contribution in [-0.2, 0) is 22.4 Å². The summed E-state index contributed by atoms with van der Waals surface area (Å²) in [6.45, 7) is 2.24. The first-order chi connectivity index (χ1) is 15.0. The molecule has 1 aromatic heterocycles. The topological polar surface area (TPSA) is 103 Å². The number of aromatic hydroxyl groups is 1. The van der Waals surface area contributed by atoms with Crippen molar-refractivity contribution in [1.82, 2.24) is 9.88 Å². The molecule has 3 N–H and O–H groups in total. The summed E-state index contributed by atoms with van der Waals surface area (Å²) < 4.78 is 0. The SMILES string of the molecule is O=C(O)C[C@H](C(=O)N1CC[C@@H](CCc2ccc3c(n2)NCCC3)C1)c1cccc(O)c1. The van der Waals surface area contributed by atoms with Crippen LogP contribution in [0.15, 0.2) is 36.4 Å². The molecule has 31 heavy (non-hydrogen) atoms. The fourth-order valence-electron chi connectivity index (χ4n) is 4.61. The van der Waals surface area contributed by atoms with Crippen LogP contribution in [0.4, 0.5) is 5.82 Å². The smallest absolute Gasteiger partial charge is 0.304 e. The molecule has 0 saturated carbocycles. The molecule has 2 aromatic rings. The molecular formula is C24H29N3O4. The lowest BCUT2D eigenvalue weighted by atomic mass is 9.94. The molecule has 4 rings (SSSR count). The number of carboxylic acids is 1. The van der Waals surface area contributed by atoms with Crippen LogP contribution >= 0.6 is 0 Å². The van der Waals surface area contributed by atoms with E-state index in [4.69, 9.17) is 4.98 Å². The van der Waals surface area contributed by atoms with Crippen LogP contribution < -0.4 is 5.32 Å². The molecule has 2 aliphatic heterocycles. The highest BCUT2D eigenvalue weighted by Gasteiger charge is 2.33. The number of phenolic OH excluding ortho intramolecular Hbond substituents is 1. The largest absolute Gasteiger partial charge is 0.508 e. The maximum absolute atomic E-state index is 13.1. The number of carbonyl (C=O) groups excluding carboxylic acids is 1. The Balaban J connectivity index is 1.36. The van der Waals surface area contributed by atoms with E-state index < -0.39 is 11.9 Å². The average molecular weight is 424 g/mol. The first-order valence-corrected chi connectivity index (χ1v) is 11.0. The number of carbonyl (C=O) groups is 2. The summed E-state index contributed by atoms with van der Waals surface area (Å²) in [4.78, 5) is 31.0. The molecule has 2 aliphatic rings. The molecule has 7 nitrogen and oxygen atoms in total. The van der Waals surface area contributed by atoms with Crippen LogP contribution in [0.5, 0.6) is 5.75 Å². The normalized spacial score (nSPS) is 18.8. The lowest BCUT2D eigenvalue weighted by Crippen LogP contribution is -2.34. The van der Waals surface area contributed by atoms with Crippen molar-refractivity contribution in [3.05, 3.63) is 53.2 Å². The zero-order valence-electron chi connectivity index (χ0n) is 17.6.